The molecular weight excluding hydrogens is 206 g/mol. The Labute approximate surface area is 91.7 Å². The minimum Gasteiger partial charge on any atom is -0.478 e. The molecule has 2 heterocycles. The molecule has 0 fully saturated rings. The van der Waals surface area contributed by atoms with Crippen LogP contribution >= 0.6 is 0 Å². The van der Waals surface area contributed by atoms with Gasteiger partial charge in [0.2, 0.25) is 0 Å². The molecule has 0 amide bonds. The average molecular weight is 217 g/mol. The number of aryl methyl sites for hydroxylation is 1. The van der Waals surface area contributed by atoms with E-state index in [2.05, 4.69) is 17.1 Å². The van der Waals surface area contributed by atoms with Gasteiger partial charge < -0.3 is 5.11 Å². The largest absolute Gasteiger partial charge is 0.478 e. The Morgan fingerprint density at radius 1 is 1.62 bits per heavy atom. The molecule has 2 aromatic rings. The van der Waals surface area contributed by atoms with E-state index < -0.39 is 5.97 Å². The highest BCUT2D eigenvalue weighted by Crippen LogP contribution is 2.34. The lowest BCUT2D eigenvalue weighted by Crippen LogP contribution is -2.05. The number of hydrogen-bond donors (Lipinski definition) is 1. The molecule has 1 aliphatic carbocycles. The number of fused-ring (bicyclic) bond motifs is 3. The summed E-state index contributed by atoms with van der Waals surface area (Å²) in [4.78, 5) is 11.1. The van der Waals surface area contributed by atoms with Crippen LogP contribution in [0.25, 0.3) is 5.65 Å². The first kappa shape index (κ1) is 9.33. The van der Waals surface area contributed by atoms with E-state index >= 15 is 0 Å². The van der Waals surface area contributed by atoms with Crippen molar-refractivity contribution in [2.45, 2.75) is 25.7 Å². The van der Waals surface area contributed by atoms with E-state index in [9.17, 15) is 4.79 Å². The molecule has 82 valence electrons. The van der Waals surface area contributed by atoms with Crippen molar-refractivity contribution in [1.82, 2.24) is 14.6 Å². The van der Waals surface area contributed by atoms with Crippen LogP contribution in [0.2, 0.25) is 0 Å². The minimum absolute atomic E-state index is 0.241. The Balaban J connectivity index is 2.41. The average Bonchev–Trinajstić information content (AvgIpc) is 2.83. The maximum Gasteiger partial charge on any atom is 0.339 e. The molecule has 1 aliphatic rings. The van der Waals surface area contributed by atoms with Crippen LogP contribution in [0.3, 0.4) is 0 Å². The van der Waals surface area contributed by atoms with Gasteiger partial charge in [0, 0.05) is 5.69 Å². The Kier molecular flexibility index (Phi) is 1.77. The normalized spacial score (nSPS) is 18.9. The van der Waals surface area contributed by atoms with Crippen LogP contribution in [0.5, 0.6) is 0 Å². The summed E-state index contributed by atoms with van der Waals surface area (Å²) >= 11 is 0. The molecule has 3 rings (SSSR count). The molecule has 1 unspecified atom stereocenters. The number of rotatable bonds is 1. The van der Waals surface area contributed by atoms with E-state index in [1.165, 1.54) is 0 Å². The standard InChI is InChI=1S/C11H11N3O2/c1-6-2-3-9-7(6)4-8(11(15)16)10-13-12-5-14(9)10/h4-6H,2-3H2,1H3,(H,15,16). The molecular formula is C11H11N3O2. The summed E-state index contributed by atoms with van der Waals surface area (Å²) in [5.41, 5.74) is 2.95. The number of carbonyl (C=O) groups is 1. The monoisotopic (exact) mass is 217 g/mol. The first-order valence-electron chi connectivity index (χ1n) is 5.27. The summed E-state index contributed by atoms with van der Waals surface area (Å²) in [5, 5.41) is 16.8. The number of aromatic carboxylic acids is 1. The Hall–Kier alpha value is -1.91. The zero-order valence-electron chi connectivity index (χ0n) is 8.84. The lowest BCUT2D eigenvalue weighted by Gasteiger charge is -2.08. The molecule has 0 aromatic carbocycles. The van der Waals surface area contributed by atoms with Crippen LogP contribution in [0.1, 0.15) is 40.9 Å². The zero-order chi connectivity index (χ0) is 11.3. The van der Waals surface area contributed by atoms with E-state index in [1.807, 2.05) is 4.40 Å². The van der Waals surface area contributed by atoms with E-state index in [0.29, 0.717) is 11.6 Å². The Morgan fingerprint density at radius 3 is 3.19 bits per heavy atom. The molecule has 1 atom stereocenters. The summed E-state index contributed by atoms with van der Waals surface area (Å²) in [6.45, 7) is 2.12. The van der Waals surface area contributed by atoms with Gasteiger partial charge in [-0.15, -0.1) is 10.2 Å². The number of pyridine rings is 1. The van der Waals surface area contributed by atoms with Crippen LogP contribution in [-0.2, 0) is 6.42 Å². The van der Waals surface area contributed by atoms with Gasteiger partial charge in [-0.25, -0.2) is 4.79 Å². The van der Waals surface area contributed by atoms with Crippen LogP contribution in [0, 0.1) is 0 Å². The van der Waals surface area contributed by atoms with Gasteiger partial charge in [-0.2, -0.15) is 0 Å². The van der Waals surface area contributed by atoms with Gasteiger partial charge in [-0.05, 0) is 30.4 Å². The third-order valence-electron chi connectivity index (χ3n) is 3.29. The predicted octanol–water partition coefficient (Wildman–Crippen LogP) is 1.48. The molecule has 0 bridgehead atoms. The molecule has 5 nitrogen and oxygen atoms in total. The smallest absolute Gasteiger partial charge is 0.339 e. The molecule has 0 spiro atoms. The fourth-order valence-electron chi connectivity index (χ4n) is 2.42. The lowest BCUT2D eigenvalue weighted by molar-refractivity contribution is 0.0698. The first-order chi connectivity index (χ1) is 7.68. The third kappa shape index (κ3) is 1.08. The topological polar surface area (TPSA) is 67.5 Å². The Bertz CT molecular complexity index is 588. The van der Waals surface area contributed by atoms with Gasteiger partial charge in [0.05, 0.1) is 0 Å². The van der Waals surface area contributed by atoms with Crippen molar-refractivity contribution in [3.05, 3.63) is 29.2 Å². The molecule has 0 radical (unpaired) electrons. The van der Waals surface area contributed by atoms with Crippen LogP contribution in [0.15, 0.2) is 12.4 Å². The third-order valence-corrected chi connectivity index (χ3v) is 3.29. The van der Waals surface area contributed by atoms with Crippen molar-refractivity contribution >= 4 is 11.6 Å². The van der Waals surface area contributed by atoms with Crippen molar-refractivity contribution in [2.75, 3.05) is 0 Å². The molecule has 0 saturated carbocycles. The molecule has 0 saturated heterocycles. The fraction of sp³-hybridized carbons (Fsp3) is 0.364. The zero-order valence-corrected chi connectivity index (χ0v) is 8.84. The molecule has 5 heteroatoms. The summed E-state index contributed by atoms with van der Waals surface area (Å²) in [6.07, 6.45) is 3.62. The molecule has 0 aliphatic heterocycles. The highest BCUT2D eigenvalue weighted by molar-refractivity contribution is 5.94. The molecule has 16 heavy (non-hydrogen) atoms. The van der Waals surface area contributed by atoms with Crippen LogP contribution < -0.4 is 0 Å². The maximum atomic E-state index is 11.1. The summed E-state index contributed by atoms with van der Waals surface area (Å²) in [7, 11) is 0. The van der Waals surface area contributed by atoms with Crippen LogP contribution in [0.4, 0.5) is 0 Å². The summed E-state index contributed by atoms with van der Waals surface area (Å²) < 4.78 is 1.81. The second-order valence-electron chi connectivity index (χ2n) is 4.23. The van der Waals surface area contributed by atoms with Crippen LogP contribution in [-0.4, -0.2) is 25.7 Å². The predicted molar refractivity (Wildman–Crippen MR) is 56.7 cm³/mol. The van der Waals surface area contributed by atoms with E-state index in [1.54, 1.807) is 12.4 Å². The van der Waals surface area contributed by atoms with Crippen molar-refractivity contribution in [2.24, 2.45) is 0 Å². The lowest BCUT2D eigenvalue weighted by atomic mass is 10.0. The second-order valence-corrected chi connectivity index (χ2v) is 4.23. The molecule has 1 N–H and O–H groups in total. The highest BCUT2D eigenvalue weighted by Gasteiger charge is 2.25. The van der Waals surface area contributed by atoms with E-state index in [4.69, 9.17) is 5.11 Å². The number of hydrogen-bond acceptors (Lipinski definition) is 3. The van der Waals surface area contributed by atoms with Crippen molar-refractivity contribution in [3.8, 4) is 0 Å². The number of aromatic nitrogens is 3. The SMILES string of the molecule is CC1CCc2c1cc(C(=O)O)c1nncn21. The van der Waals surface area contributed by atoms with Gasteiger partial charge in [0.15, 0.2) is 5.65 Å². The number of carboxylic acid groups (broad SMARTS) is 1. The Morgan fingerprint density at radius 2 is 2.44 bits per heavy atom. The first-order valence-corrected chi connectivity index (χ1v) is 5.27. The van der Waals surface area contributed by atoms with E-state index in [0.717, 1.165) is 24.1 Å². The van der Waals surface area contributed by atoms with Gasteiger partial charge >= 0.3 is 5.97 Å². The number of nitrogens with zero attached hydrogens (tertiary/aromatic N) is 3. The second kappa shape index (κ2) is 3.04. The highest BCUT2D eigenvalue weighted by atomic mass is 16.4. The summed E-state index contributed by atoms with van der Waals surface area (Å²) in [5.74, 6) is -0.528. The van der Waals surface area contributed by atoms with Gasteiger partial charge in [-0.1, -0.05) is 6.92 Å². The fourth-order valence-corrected chi connectivity index (χ4v) is 2.42. The van der Waals surface area contributed by atoms with Crippen molar-refractivity contribution in [1.29, 1.82) is 0 Å². The van der Waals surface area contributed by atoms with Gasteiger partial charge in [0.1, 0.15) is 11.9 Å². The minimum atomic E-state index is -0.945. The van der Waals surface area contributed by atoms with Crippen molar-refractivity contribution in [3.63, 3.8) is 0 Å². The number of carboxylic acids is 1. The molecule has 2 aromatic heterocycles. The van der Waals surface area contributed by atoms with Gasteiger partial charge in [-0.3, -0.25) is 4.40 Å². The van der Waals surface area contributed by atoms with Gasteiger partial charge in [0.25, 0.3) is 0 Å². The van der Waals surface area contributed by atoms with E-state index in [-0.39, 0.29) is 5.56 Å². The quantitative estimate of drug-likeness (QED) is 0.785. The maximum absolute atomic E-state index is 11.1. The van der Waals surface area contributed by atoms with Crippen molar-refractivity contribution < 1.29 is 9.90 Å². The summed E-state index contributed by atoms with van der Waals surface area (Å²) in [6, 6.07) is 1.75.